The summed E-state index contributed by atoms with van der Waals surface area (Å²) in [6, 6.07) is 17.3. The maximum atomic E-state index is 14.1. The quantitative estimate of drug-likeness (QED) is 0.717. The lowest BCUT2D eigenvalue weighted by Crippen LogP contribution is -2.32. The van der Waals surface area contributed by atoms with Crippen LogP contribution in [-0.2, 0) is 22.7 Å². The molecule has 0 spiro atoms. The molecule has 30 heavy (non-hydrogen) atoms. The van der Waals surface area contributed by atoms with Crippen molar-refractivity contribution >= 4 is 17.5 Å². The number of nitrogens with zero attached hydrogens (tertiary/aromatic N) is 2. The van der Waals surface area contributed by atoms with E-state index >= 15 is 0 Å². The molecule has 0 atom stereocenters. The van der Waals surface area contributed by atoms with E-state index in [4.69, 9.17) is 4.74 Å². The third-order valence-electron chi connectivity index (χ3n) is 4.77. The molecule has 0 bridgehead atoms. The van der Waals surface area contributed by atoms with Crippen LogP contribution in [0.2, 0.25) is 0 Å². The zero-order chi connectivity index (χ0) is 21.1. The third-order valence-corrected chi connectivity index (χ3v) is 4.77. The Labute approximate surface area is 173 Å². The first-order valence-electron chi connectivity index (χ1n) is 9.51. The summed E-state index contributed by atoms with van der Waals surface area (Å²) in [5, 5.41) is 2.75. The molecule has 3 aromatic rings. The molecule has 0 aliphatic carbocycles. The Kier molecular flexibility index (Phi) is 5.43. The van der Waals surface area contributed by atoms with Crippen molar-refractivity contribution in [3.05, 3.63) is 77.7 Å². The summed E-state index contributed by atoms with van der Waals surface area (Å²) in [4.78, 5) is 30.1. The van der Waals surface area contributed by atoms with Gasteiger partial charge in [0.25, 0.3) is 5.91 Å². The van der Waals surface area contributed by atoms with Crippen LogP contribution in [0.15, 0.2) is 60.7 Å². The van der Waals surface area contributed by atoms with Crippen LogP contribution in [0.1, 0.15) is 18.2 Å². The van der Waals surface area contributed by atoms with Gasteiger partial charge < -0.3 is 15.0 Å². The van der Waals surface area contributed by atoms with E-state index in [0.717, 1.165) is 5.56 Å². The molecule has 4 rings (SSSR count). The number of benzene rings is 2. The van der Waals surface area contributed by atoms with Gasteiger partial charge in [-0.3, -0.25) is 9.59 Å². The smallest absolute Gasteiger partial charge is 0.261 e. The number of pyridine rings is 1. The van der Waals surface area contributed by atoms with Crippen LogP contribution in [0.4, 0.5) is 10.1 Å². The highest BCUT2D eigenvalue weighted by molar-refractivity contribution is 5.89. The minimum Gasteiger partial charge on any atom is -0.482 e. The minimum absolute atomic E-state index is 0.125. The van der Waals surface area contributed by atoms with Gasteiger partial charge in [-0.25, -0.2) is 9.37 Å². The number of carbonyl (C=O) groups is 2. The summed E-state index contributed by atoms with van der Waals surface area (Å²) < 4.78 is 19.7. The number of rotatable bonds is 4. The summed E-state index contributed by atoms with van der Waals surface area (Å²) in [5.41, 5.74) is 3.21. The standard InChI is InChI=1S/C23H20FN3O3/c1-15(28)25-18-7-4-6-16(11-18)20-9-10-22-21(26-20)13-27(23(29)14-30-22)12-17-5-2-3-8-19(17)24/h2-11H,12-14H2,1H3,(H,25,28). The molecule has 1 aliphatic rings. The fourth-order valence-electron chi connectivity index (χ4n) is 3.33. The van der Waals surface area contributed by atoms with Gasteiger partial charge in [-0.1, -0.05) is 30.3 Å². The van der Waals surface area contributed by atoms with Gasteiger partial charge in [0.05, 0.1) is 12.2 Å². The summed E-state index contributed by atoms with van der Waals surface area (Å²) in [6.45, 7) is 1.67. The zero-order valence-corrected chi connectivity index (χ0v) is 16.4. The van der Waals surface area contributed by atoms with Crippen molar-refractivity contribution < 1.29 is 18.7 Å². The topological polar surface area (TPSA) is 71.5 Å². The number of aromatic nitrogens is 1. The first kappa shape index (κ1) is 19.6. The average Bonchev–Trinajstić information content (AvgIpc) is 2.88. The second-order valence-corrected chi connectivity index (χ2v) is 7.03. The molecule has 1 N–H and O–H groups in total. The number of anilines is 1. The first-order chi connectivity index (χ1) is 14.5. The van der Waals surface area contributed by atoms with E-state index < -0.39 is 0 Å². The van der Waals surface area contributed by atoms with E-state index in [1.54, 1.807) is 30.3 Å². The van der Waals surface area contributed by atoms with Gasteiger partial charge in [-0.05, 0) is 30.3 Å². The lowest BCUT2D eigenvalue weighted by atomic mass is 10.1. The zero-order valence-electron chi connectivity index (χ0n) is 16.4. The first-order valence-corrected chi connectivity index (χ1v) is 9.51. The molecule has 1 aromatic heterocycles. The molecule has 0 saturated carbocycles. The van der Waals surface area contributed by atoms with Crippen molar-refractivity contribution in [3.63, 3.8) is 0 Å². The molecule has 1 aliphatic heterocycles. The molecule has 0 saturated heterocycles. The SMILES string of the molecule is CC(=O)Nc1cccc(-c2ccc3c(n2)CN(Cc2ccccc2F)C(=O)CO3)c1. The Bertz CT molecular complexity index is 1120. The van der Waals surface area contributed by atoms with E-state index in [2.05, 4.69) is 10.3 Å². The van der Waals surface area contributed by atoms with Crippen molar-refractivity contribution in [2.75, 3.05) is 11.9 Å². The number of amides is 2. The third kappa shape index (κ3) is 4.30. The average molecular weight is 405 g/mol. The maximum Gasteiger partial charge on any atom is 0.261 e. The Morgan fingerprint density at radius 1 is 1.17 bits per heavy atom. The van der Waals surface area contributed by atoms with Crippen molar-refractivity contribution in [1.29, 1.82) is 0 Å². The molecule has 7 heteroatoms. The molecule has 6 nitrogen and oxygen atoms in total. The molecule has 152 valence electrons. The van der Waals surface area contributed by atoms with Crippen molar-refractivity contribution in [3.8, 4) is 17.0 Å². The van der Waals surface area contributed by atoms with Gasteiger partial charge >= 0.3 is 0 Å². The molecule has 2 aromatic carbocycles. The molecule has 2 heterocycles. The number of halogens is 1. The van der Waals surface area contributed by atoms with Crippen molar-refractivity contribution in [2.45, 2.75) is 20.0 Å². The molecule has 0 unspecified atom stereocenters. The highest BCUT2D eigenvalue weighted by Gasteiger charge is 2.24. The van der Waals surface area contributed by atoms with Crippen LogP contribution in [0.5, 0.6) is 5.75 Å². The summed E-state index contributed by atoms with van der Waals surface area (Å²) in [5.74, 6) is -0.212. The molecular weight excluding hydrogens is 385 g/mol. The Hall–Kier alpha value is -3.74. The van der Waals surface area contributed by atoms with Gasteiger partial charge in [-0.2, -0.15) is 0 Å². The van der Waals surface area contributed by atoms with Crippen LogP contribution in [-0.4, -0.2) is 28.3 Å². The normalized spacial score (nSPS) is 13.3. The largest absolute Gasteiger partial charge is 0.482 e. The van der Waals surface area contributed by atoms with Gasteiger partial charge in [0.2, 0.25) is 5.91 Å². The molecule has 2 amide bonds. The number of fused-ring (bicyclic) bond motifs is 1. The van der Waals surface area contributed by atoms with E-state index in [0.29, 0.717) is 28.4 Å². The predicted octanol–water partition coefficient (Wildman–Crippen LogP) is 3.77. The number of nitrogens with one attached hydrogen (secondary N) is 1. The lowest BCUT2D eigenvalue weighted by molar-refractivity contribution is -0.133. The number of hydrogen-bond acceptors (Lipinski definition) is 4. The van der Waals surface area contributed by atoms with Crippen LogP contribution >= 0.6 is 0 Å². The van der Waals surface area contributed by atoms with Crippen LogP contribution in [0, 0.1) is 5.82 Å². The Morgan fingerprint density at radius 3 is 2.80 bits per heavy atom. The van der Waals surface area contributed by atoms with Gasteiger partial charge in [0.1, 0.15) is 17.3 Å². The Balaban J connectivity index is 1.63. The molecule has 0 radical (unpaired) electrons. The maximum absolute atomic E-state index is 14.1. The minimum atomic E-state index is -0.354. The van der Waals surface area contributed by atoms with E-state index in [1.807, 2.05) is 24.3 Å². The fourth-order valence-corrected chi connectivity index (χ4v) is 3.33. The second-order valence-electron chi connectivity index (χ2n) is 7.03. The van der Waals surface area contributed by atoms with Crippen LogP contribution in [0.25, 0.3) is 11.3 Å². The fraction of sp³-hybridized carbons (Fsp3) is 0.174. The molecular formula is C23H20FN3O3. The highest BCUT2D eigenvalue weighted by Crippen LogP contribution is 2.28. The summed E-state index contributed by atoms with van der Waals surface area (Å²) >= 11 is 0. The Morgan fingerprint density at radius 2 is 2.00 bits per heavy atom. The summed E-state index contributed by atoms with van der Waals surface area (Å²) in [6.07, 6.45) is 0. The number of ether oxygens (including phenoxy) is 1. The monoisotopic (exact) mass is 405 g/mol. The van der Waals surface area contributed by atoms with Crippen LogP contribution < -0.4 is 10.1 Å². The van der Waals surface area contributed by atoms with Crippen LogP contribution in [0.3, 0.4) is 0 Å². The van der Waals surface area contributed by atoms with E-state index in [-0.39, 0.29) is 37.3 Å². The lowest BCUT2D eigenvalue weighted by Gasteiger charge is -2.20. The van der Waals surface area contributed by atoms with Gasteiger partial charge in [0, 0.05) is 30.3 Å². The van der Waals surface area contributed by atoms with E-state index in [1.165, 1.54) is 17.9 Å². The predicted molar refractivity (Wildman–Crippen MR) is 110 cm³/mol. The number of hydrogen-bond donors (Lipinski definition) is 1. The van der Waals surface area contributed by atoms with Gasteiger partial charge in [-0.15, -0.1) is 0 Å². The number of carbonyl (C=O) groups excluding carboxylic acids is 2. The van der Waals surface area contributed by atoms with E-state index in [9.17, 15) is 14.0 Å². The second kappa shape index (κ2) is 8.32. The summed E-state index contributed by atoms with van der Waals surface area (Å²) in [7, 11) is 0. The van der Waals surface area contributed by atoms with Crippen molar-refractivity contribution in [1.82, 2.24) is 9.88 Å². The highest BCUT2D eigenvalue weighted by atomic mass is 19.1. The van der Waals surface area contributed by atoms with Gasteiger partial charge in [0.15, 0.2) is 6.61 Å². The van der Waals surface area contributed by atoms with Crippen molar-refractivity contribution in [2.24, 2.45) is 0 Å². The molecule has 0 fully saturated rings.